The molecule has 0 unspecified atom stereocenters. The zero-order valence-electron chi connectivity index (χ0n) is 5.29. The van der Waals surface area contributed by atoms with E-state index in [-0.39, 0.29) is 5.97 Å². The van der Waals surface area contributed by atoms with Crippen LogP contribution >= 0.6 is 24.7 Å². The van der Waals surface area contributed by atoms with Crippen molar-refractivity contribution in [2.24, 2.45) is 0 Å². The van der Waals surface area contributed by atoms with Crippen LogP contribution in [0.15, 0.2) is 0 Å². The second kappa shape index (κ2) is 6.29. The molecule has 0 saturated heterocycles. The van der Waals surface area contributed by atoms with Crippen LogP contribution in [0.2, 0.25) is 0 Å². The molecule has 9 heavy (non-hydrogen) atoms. The van der Waals surface area contributed by atoms with Gasteiger partial charge in [-0.1, -0.05) is 6.92 Å². The van der Waals surface area contributed by atoms with E-state index in [0.29, 0.717) is 5.75 Å². The second-order valence-corrected chi connectivity index (χ2v) is 2.80. The van der Waals surface area contributed by atoms with Gasteiger partial charge in [0, 0.05) is 12.9 Å². The highest BCUT2D eigenvalue weighted by molar-refractivity contribution is 7.99. The van der Waals surface area contributed by atoms with Crippen LogP contribution in [-0.4, -0.2) is 17.5 Å². The van der Waals surface area contributed by atoms with Gasteiger partial charge in [-0.25, -0.2) is 0 Å². The topological polar surface area (TPSA) is 26.3 Å². The molecule has 0 aliphatic rings. The Balaban J connectivity index is 2.97. The molecule has 0 aromatic rings. The number of thiol groups is 1. The average Bonchev–Trinajstić information content (AvgIpc) is 1.89. The quantitative estimate of drug-likeness (QED) is 0.389. The summed E-state index contributed by atoms with van der Waals surface area (Å²) in [5.41, 5.74) is 0. The Hall–Kier alpha value is 0.170. The van der Waals surface area contributed by atoms with Crippen LogP contribution in [0.5, 0.6) is 0 Å². The van der Waals surface area contributed by atoms with Gasteiger partial charge in [0.15, 0.2) is 0 Å². The lowest BCUT2D eigenvalue weighted by Gasteiger charge is -1.94. The van der Waals surface area contributed by atoms with Crippen LogP contribution in [-0.2, 0) is 8.98 Å². The minimum atomic E-state index is -0.267. The lowest BCUT2D eigenvalue weighted by atomic mass is 10.6. The van der Waals surface area contributed by atoms with Gasteiger partial charge in [0.2, 0.25) is 0 Å². The predicted octanol–water partition coefficient (Wildman–Crippen LogP) is 1.52. The maximum atomic E-state index is 10.4. The van der Waals surface area contributed by atoms with Crippen molar-refractivity contribution >= 4 is 30.6 Å². The fourth-order valence-corrected chi connectivity index (χ4v) is 1.14. The van der Waals surface area contributed by atoms with Gasteiger partial charge in [0.25, 0.3) is 0 Å². The van der Waals surface area contributed by atoms with Crippen molar-refractivity contribution in [3.05, 3.63) is 0 Å². The average molecular weight is 166 g/mol. The van der Waals surface area contributed by atoms with E-state index in [0.717, 1.165) is 12.2 Å². The molecule has 0 N–H and O–H groups in total. The summed E-state index contributed by atoms with van der Waals surface area (Å²) in [6.45, 7) is 2.07. The van der Waals surface area contributed by atoms with Crippen LogP contribution in [0.1, 0.15) is 13.3 Å². The normalized spacial score (nSPS) is 9.11. The molecule has 0 aliphatic carbocycles. The van der Waals surface area contributed by atoms with Gasteiger partial charge in [0.1, 0.15) is 0 Å². The van der Waals surface area contributed by atoms with Gasteiger partial charge in [-0.2, -0.15) is 11.8 Å². The van der Waals surface area contributed by atoms with Crippen molar-refractivity contribution in [2.45, 2.75) is 13.3 Å². The number of rotatable bonds is 4. The zero-order chi connectivity index (χ0) is 7.11. The standard InChI is InChI=1S/C5H10O2S2/c1-2-3-9-4-5(6)7-8/h8H,2-4H2,1H3. The molecule has 0 fully saturated rings. The largest absolute Gasteiger partial charge is 0.394 e. The van der Waals surface area contributed by atoms with Crippen molar-refractivity contribution in [3.8, 4) is 0 Å². The Morgan fingerprint density at radius 3 is 2.89 bits per heavy atom. The molecule has 0 amide bonds. The summed E-state index contributed by atoms with van der Waals surface area (Å²) < 4.78 is 4.13. The number of thioether (sulfide) groups is 1. The van der Waals surface area contributed by atoms with Gasteiger partial charge < -0.3 is 4.18 Å². The fourth-order valence-electron chi connectivity index (χ4n) is 0.326. The van der Waals surface area contributed by atoms with E-state index in [9.17, 15) is 4.79 Å². The van der Waals surface area contributed by atoms with Crippen molar-refractivity contribution < 1.29 is 8.98 Å². The number of hydrogen-bond donors (Lipinski definition) is 1. The minimum absolute atomic E-state index is 0.267. The summed E-state index contributed by atoms with van der Waals surface area (Å²) in [6, 6.07) is 0. The highest BCUT2D eigenvalue weighted by Crippen LogP contribution is 2.02. The highest BCUT2D eigenvalue weighted by Gasteiger charge is 1.97. The molecule has 54 valence electrons. The maximum Gasteiger partial charge on any atom is 0.327 e. The van der Waals surface area contributed by atoms with Gasteiger partial charge in [-0.3, -0.25) is 4.79 Å². The van der Waals surface area contributed by atoms with Crippen LogP contribution in [0.3, 0.4) is 0 Å². The lowest BCUT2D eigenvalue weighted by Crippen LogP contribution is -2.00. The minimum Gasteiger partial charge on any atom is -0.394 e. The number of carbonyl (C=O) groups excluding carboxylic acids is 1. The Morgan fingerprint density at radius 1 is 1.78 bits per heavy atom. The molecule has 0 saturated carbocycles. The van der Waals surface area contributed by atoms with Crippen LogP contribution < -0.4 is 0 Å². The Bertz CT molecular complexity index is 85.0. The molecule has 0 atom stereocenters. The van der Waals surface area contributed by atoms with E-state index < -0.39 is 0 Å². The van der Waals surface area contributed by atoms with Crippen LogP contribution in [0.25, 0.3) is 0 Å². The van der Waals surface area contributed by atoms with Gasteiger partial charge >= 0.3 is 5.97 Å². The van der Waals surface area contributed by atoms with E-state index in [2.05, 4.69) is 24.0 Å². The van der Waals surface area contributed by atoms with Gasteiger partial charge in [0.05, 0.1) is 5.75 Å². The molecule has 2 nitrogen and oxygen atoms in total. The molecule has 0 aliphatic heterocycles. The lowest BCUT2D eigenvalue weighted by molar-refractivity contribution is -0.129. The van der Waals surface area contributed by atoms with Gasteiger partial charge in [-0.15, -0.1) is 0 Å². The Kier molecular flexibility index (Phi) is 6.41. The Morgan fingerprint density at radius 2 is 2.44 bits per heavy atom. The van der Waals surface area contributed by atoms with Crippen LogP contribution in [0, 0.1) is 0 Å². The van der Waals surface area contributed by atoms with Crippen molar-refractivity contribution in [2.75, 3.05) is 11.5 Å². The summed E-state index contributed by atoms with van der Waals surface area (Å²) in [7, 11) is 0. The van der Waals surface area contributed by atoms with E-state index >= 15 is 0 Å². The fraction of sp³-hybridized carbons (Fsp3) is 0.800. The number of hydrogen-bond acceptors (Lipinski definition) is 4. The van der Waals surface area contributed by atoms with E-state index in [1.807, 2.05) is 0 Å². The summed E-state index contributed by atoms with van der Waals surface area (Å²) in [6.07, 6.45) is 1.09. The zero-order valence-corrected chi connectivity index (χ0v) is 7.00. The molecule has 0 spiro atoms. The third kappa shape index (κ3) is 6.05. The molecule has 0 rings (SSSR count). The Labute approximate surface area is 65.0 Å². The summed E-state index contributed by atoms with van der Waals surface area (Å²) in [5, 5.41) is 0. The first-order valence-corrected chi connectivity index (χ1v) is 4.25. The van der Waals surface area contributed by atoms with Crippen molar-refractivity contribution in [1.29, 1.82) is 0 Å². The molecule has 0 aromatic heterocycles. The van der Waals surface area contributed by atoms with Crippen LogP contribution in [0.4, 0.5) is 0 Å². The second-order valence-electron chi connectivity index (χ2n) is 1.52. The third-order valence-electron chi connectivity index (χ3n) is 0.670. The smallest absolute Gasteiger partial charge is 0.327 e. The van der Waals surface area contributed by atoms with Gasteiger partial charge in [-0.05, 0) is 12.2 Å². The van der Waals surface area contributed by atoms with Crippen molar-refractivity contribution in [1.82, 2.24) is 0 Å². The summed E-state index contributed by atoms with van der Waals surface area (Å²) in [5.74, 6) is 1.15. The molecule has 0 aromatic carbocycles. The van der Waals surface area contributed by atoms with Crippen molar-refractivity contribution in [3.63, 3.8) is 0 Å². The third-order valence-corrected chi connectivity index (χ3v) is 2.01. The molecular formula is C5H10O2S2. The maximum absolute atomic E-state index is 10.4. The first-order valence-electron chi connectivity index (χ1n) is 2.73. The molecular weight excluding hydrogens is 156 g/mol. The first-order chi connectivity index (χ1) is 4.31. The molecule has 0 bridgehead atoms. The van der Waals surface area contributed by atoms with E-state index in [4.69, 9.17) is 0 Å². The molecule has 0 radical (unpaired) electrons. The molecule has 0 heterocycles. The predicted molar refractivity (Wildman–Crippen MR) is 42.7 cm³/mol. The van der Waals surface area contributed by atoms with E-state index in [1.165, 1.54) is 0 Å². The van der Waals surface area contributed by atoms with E-state index in [1.54, 1.807) is 11.8 Å². The number of carbonyl (C=O) groups is 1. The SMILES string of the molecule is CCCSCC(=O)OS. The monoisotopic (exact) mass is 166 g/mol. The summed E-state index contributed by atoms with van der Waals surface area (Å²) >= 11 is 4.92. The molecule has 4 heteroatoms. The first kappa shape index (κ1) is 9.17. The highest BCUT2D eigenvalue weighted by atomic mass is 32.2. The summed E-state index contributed by atoms with van der Waals surface area (Å²) in [4.78, 5) is 10.4.